The number of benzene rings is 2. The Hall–Kier alpha value is -2.86. The zero-order valence-corrected chi connectivity index (χ0v) is 16.9. The fourth-order valence-corrected chi connectivity index (χ4v) is 5.08. The van der Waals surface area contributed by atoms with Crippen LogP contribution in [-0.4, -0.2) is 24.4 Å². The van der Waals surface area contributed by atoms with E-state index in [1.165, 1.54) is 11.3 Å². The van der Waals surface area contributed by atoms with Gasteiger partial charge in [0.25, 0.3) is 5.56 Å². The highest BCUT2D eigenvalue weighted by Crippen LogP contribution is 2.42. The van der Waals surface area contributed by atoms with Gasteiger partial charge in [0, 0.05) is 31.8 Å². The summed E-state index contributed by atoms with van der Waals surface area (Å²) in [6.45, 7) is 1.99. The first-order chi connectivity index (χ1) is 13.4. The molecule has 2 atom stereocenters. The highest BCUT2D eigenvalue weighted by molar-refractivity contribution is 7.07. The Kier molecular flexibility index (Phi) is 3.74. The first kappa shape index (κ1) is 17.3. The summed E-state index contributed by atoms with van der Waals surface area (Å²) >= 11 is 1.44. The van der Waals surface area contributed by atoms with Gasteiger partial charge in [0.05, 0.1) is 10.6 Å². The molecule has 2 bridgehead atoms. The standard InChI is InChI=1S/C22H21N3O2S/c1-22-13-17(16-6-4-5-7-18(16)27-22)25-20(26)19(28-21(25)23-22)12-14-8-10-15(11-9-14)24(2)3/h4-12,17H,13H2,1-3H3/b19-12+/t17-,22-/m0/s1. The number of rotatable bonds is 2. The number of ether oxygens (including phenoxy) is 1. The predicted molar refractivity (Wildman–Crippen MR) is 112 cm³/mol. The van der Waals surface area contributed by atoms with Crippen molar-refractivity contribution in [2.75, 3.05) is 19.0 Å². The third kappa shape index (κ3) is 2.67. The van der Waals surface area contributed by atoms with Crippen molar-refractivity contribution in [2.24, 2.45) is 4.99 Å². The summed E-state index contributed by atoms with van der Waals surface area (Å²) in [6, 6.07) is 16.1. The second kappa shape index (κ2) is 6.07. The maximum Gasteiger partial charge on any atom is 0.270 e. The van der Waals surface area contributed by atoms with E-state index in [4.69, 9.17) is 9.73 Å². The quantitative estimate of drug-likeness (QED) is 0.674. The van der Waals surface area contributed by atoms with Crippen LogP contribution >= 0.6 is 11.3 Å². The first-order valence-corrected chi connectivity index (χ1v) is 10.1. The van der Waals surface area contributed by atoms with E-state index in [0.29, 0.717) is 11.0 Å². The molecule has 5 nitrogen and oxygen atoms in total. The summed E-state index contributed by atoms with van der Waals surface area (Å²) in [4.78, 5) is 20.8. The number of hydrogen-bond donors (Lipinski definition) is 0. The number of nitrogens with zero attached hydrogens (tertiary/aromatic N) is 3. The van der Waals surface area contributed by atoms with Crippen LogP contribution in [0.2, 0.25) is 0 Å². The molecule has 0 fully saturated rings. The maximum atomic E-state index is 13.2. The maximum absolute atomic E-state index is 13.2. The third-order valence-electron chi connectivity index (χ3n) is 5.37. The average Bonchev–Trinajstić information content (AvgIpc) is 2.96. The lowest BCUT2D eigenvalue weighted by Crippen LogP contribution is -2.49. The number of fused-ring (bicyclic) bond motifs is 6. The summed E-state index contributed by atoms with van der Waals surface area (Å²) in [5, 5.41) is 0. The molecule has 0 aliphatic carbocycles. The van der Waals surface area contributed by atoms with Crippen molar-refractivity contribution in [2.45, 2.75) is 25.1 Å². The Bertz CT molecular complexity index is 1240. The van der Waals surface area contributed by atoms with E-state index in [-0.39, 0.29) is 11.6 Å². The second-order valence-electron chi connectivity index (χ2n) is 7.70. The van der Waals surface area contributed by atoms with E-state index >= 15 is 0 Å². The molecule has 142 valence electrons. The van der Waals surface area contributed by atoms with Gasteiger partial charge in [-0.2, -0.15) is 0 Å². The van der Waals surface area contributed by atoms with Gasteiger partial charge in [-0.3, -0.25) is 9.36 Å². The molecule has 0 unspecified atom stereocenters. The molecule has 2 aliphatic rings. The largest absolute Gasteiger partial charge is 0.466 e. The van der Waals surface area contributed by atoms with Crippen molar-refractivity contribution in [3.8, 4) is 5.75 Å². The van der Waals surface area contributed by atoms with E-state index < -0.39 is 5.72 Å². The van der Waals surface area contributed by atoms with Crippen LogP contribution in [0, 0.1) is 0 Å². The summed E-state index contributed by atoms with van der Waals surface area (Å²) < 4.78 is 8.70. The lowest BCUT2D eigenvalue weighted by molar-refractivity contribution is 0.0410. The number of para-hydroxylation sites is 1. The monoisotopic (exact) mass is 391 g/mol. The van der Waals surface area contributed by atoms with Crippen LogP contribution in [0.25, 0.3) is 6.08 Å². The van der Waals surface area contributed by atoms with Crippen LogP contribution in [0.1, 0.15) is 30.5 Å². The fourth-order valence-electron chi connectivity index (χ4n) is 3.96. The zero-order valence-electron chi connectivity index (χ0n) is 16.0. The van der Waals surface area contributed by atoms with Crippen molar-refractivity contribution < 1.29 is 4.74 Å². The molecule has 0 saturated carbocycles. The topological polar surface area (TPSA) is 46.8 Å². The Labute approximate surface area is 166 Å². The molecule has 5 rings (SSSR count). The minimum Gasteiger partial charge on any atom is -0.466 e. The van der Waals surface area contributed by atoms with Crippen molar-refractivity contribution in [3.63, 3.8) is 0 Å². The first-order valence-electron chi connectivity index (χ1n) is 9.32. The molecule has 3 heterocycles. The van der Waals surface area contributed by atoms with Crippen molar-refractivity contribution in [1.82, 2.24) is 4.57 Å². The summed E-state index contributed by atoms with van der Waals surface area (Å²) in [6.07, 6.45) is 2.62. The highest BCUT2D eigenvalue weighted by atomic mass is 32.1. The fraction of sp³-hybridized carbons (Fsp3) is 0.273. The smallest absolute Gasteiger partial charge is 0.270 e. The molecule has 0 saturated heterocycles. The number of anilines is 1. The SMILES string of the molecule is CN(C)c1ccc(/C=c2/sc3n(c2=O)[C@H]2C[C@@](C)(N=3)Oc3ccccc32)cc1. The molecule has 6 heteroatoms. The van der Waals surface area contributed by atoms with Crippen LogP contribution in [0.5, 0.6) is 5.75 Å². The molecule has 1 aromatic heterocycles. The van der Waals surface area contributed by atoms with Gasteiger partial charge >= 0.3 is 0 Å². The van der Waals surface area contributed by atoms with E-state index in [9.17, 15) is 4.79 Å². The molecule has 0 amide bonds. The molecular weight excluding hydrogens is 370 g/mol. The number of aromatic nitrogens is 1. The third-order valence-corrected chi connectivity index (χ3v) is 6.35. The van der Waals surface area contributed by atoms with Crippen LogP contribution in [0.3, 0.4) is 0 Å². The molecular formula is C22H21N3O2S. The van der Waals surface area contributed by atoms with Crippen molar-refractivity contribution in [1.29, 1.82) is 0 Å². The van der Waals surface area contributed by atoms with E-state index in [0.717, 1.165) is 27.4 Å². The Morgan fingerprint density at radius 3 is 2.71 bits per heavy atom. The van der Waals surface area contributed by atoms with Gasteiger partial charge in [-0.15, -0.1) is 0 Å². The lowest BCUT2D eigenvalue weighted by atomic mass is 9.93. The molecule has 0 radical (unpaired) electrons. The Morgan fingerprint density at radius 1 is 1.21 bits per heavy atom. The predicted octanol–water partition coefficient (Wildman–Crippen LogP) is 2.53. The lowest BCUT2D eigenvalue weighted by Gasteiger charge is -2.39. The van der Waals surface area contributed by atoms with Crippen LogP contribution in [0.4, 0.5) is 5.69 Å². The Balaban J connectivity index is 1.67. The summed E-state index contributed by atoms with van der Waals surface area (Å²) in [5.74, 6) is 0.818. The van der Waals surface area contributed by atoms with E-state index in [2.05, 4.69) is 17.0 Å². The number of thiazole rings is 1. The molecule has 2 aliphatic heterocycles. The average molecular weight is 391 g/mol. The zero-order chi connectivity index (χ0) is 19.5. The molecule has 28 heavy (non-hydrogen) atoms. The highest BCUT2D eigenvalue weighted by Gasteiger charge is 2.42. The molecule has 2 aromatic carbocycles. The van der Waals surface area contributed by atoms with Gasteiger partial charge in [0.1, 0.15) is 5.75 Å². The van der Waals surface area contributed by atoms with Gasteiger partial charge in [-0.05, 0) is 36.8 Å². The van der Waals surface area contributed by atoms with Gasteiger partial charge in [-0.25, -0.2) is 4.99 Å². The van der Waals surface area contributed by atoms with Crippen LogP contribution in [-0.2, 0) is 0 Å². The normalized spacial score (nSPS) is 22.7. The molecule has 3 aromatic rings. The minimum absolute atomic E-state index is 0.0178. The molecule has 0 spiro atoms. The summed E-state index contributed by atoms with van der Waals surface area (Å²) in [5.41, 5.74) is 2.58. The van der Waals surface area contributed by atoms with Gasteiger partial charge in [-0.1, -0.05) is 41.7 Å². The van der Waals surface area contributed by atoms with Gasteiger partial charge < -0.3 is 9.64 Å². The number of hydrogen-bond acceptors (Lipinski definition) is 5. The van der Waals surface area contributed by atoms with Crippen molar-refractivity contribution in [3.05, 3.63) is 79.3 Å². The van der Waals surface area contributed by atoms with Crippen LogP contribution < -0.4 is 24.5 Å². The van der Waals surface area contributed by atoms with E-state index in [1.54, 1.807) is 0 Å². The van der Waals surface area contributed by atoms with Crippen molar-refractivity contribution >= 4 is 23.1 Å². The minimum atomic E-state index is -0.624. The molecule has 0 N–H and O–H groups in total. The van der Waals surface area contributed by atoms with Crippen LogP contribution in [0.15, 0.2) is 58.3 Å². The van der Waals surface area contributed by atoms with E-state index in [1.807, 2.05) is 68.1 Å². The second-order valence-corrected chi connectivity index (χ2v) is 8.71. The van der Waals surface area contributed by atoms with Gasteiger partial charge in [0.15, 0.2) is 4.80 Å². The Morgan fingerprint density at radius 2 is 1.96 bits per heavy atom. The summed E-state index contributed by atoms with van der Waals surface area (Å²) in [7, 11) is 4.02. The van der Waals surface area contributed by atoms with Gasteiger partial charge in [0.2, 0.25) is 5.72 Å².